The second-order valence-corrected chi connectivity index (χ2v) is 8.62. The number of aryl methyl sites for hydroxylation is 1. The van der Waals surface area contributed by atoms with Crippen LogP contribution in [-0.4, -0.2) is 21.4 Å². The molecule has 0 atom stereocenters. The molecule has 0 fully saturated rings. The monoisotopic (exact) mass is 412 g/mol. The highest BCUT2D eigenvalue weighted by Crippen LogP contribution is 2.23. The second-order valence-electron chi connectivity index (χ2n) is 6.65. The highest BCUT2D eigenvalue weighted by Gasteiger charge is 2.22. The molecule has 3 aromatic carbocycles. The Hall–Kier alpha value is -3.19. The highest BCUT2D eigenvalue weighted by atomic mass is 32.2. The van der Waals surface area contributed by atoms with Gasteiger partial charge in [0, 0.05) is 19.2 Å². The van der Waals surface area contributed by atoms with Crippen molar-refractivity contribution in [3.05, 3.63) is 95.3 Å². The van der Waals surface area contributed by atoms with Crippen molar-refractivity contribution in [1.29, 1.82) is 0 Å². The van der Waals surface area contributed by atoms with Crippen molar-refractivity contribution in [2.75, 3.05) is 11.4 Å². The molecule has 0 aliphatic carbocycles. The van der Waals surface area contributed by atoms with Crippen molar-refractivity contribution in [3.8, 4) is 0 Å². The minimum absolute atomic E-state index is 0.0129. The summed E-state index contributed by atoms with van der Waals surface area (Å²) in [6.07, 6.45) is 0. The normalized spacial score (nSPS) is 11.1. The average molecular weight is 412 g/mol. The molecule has 150 valence electrons. The Morgan fingerprint density at radius 1 is 1.00 bits per heavy atom. The van der Waals surface area contributed by atoms with Gasteiger partial charge in [-0.15, -0.1) is 0 Å². The summed E-state index contributed by atoms with van der Waals surface area (Å²) in [7, 11) is -2.36. The van der Waals surface area contributed by atoms with Crippen LogP contribution in [0.1, 0.15) is 21.5 Å². The predicted molar refractivity (Wildman–Crippen MR) is 111 cm³/mol. The third-order valence-corrected chi connectivity index (χ3v) is 6.28. The molecule has 0 aliphatic heterocycles. The Balaban J connectivity index is 1.78. The van der Waals surface area contributed by atoms with Crippen LogP contribution in [0, 0.1) is 12.7 Å². The lowest BCUT2D eigenvalue weighted by Gasteiger charge is -2.20. The van der Waals surface area contributed by atoms with Crippen LogP contribution < -0.4 is 9.62 Å². The van der Waals surface area contributed by atoms with Crippen molar-refractivity contribution in [1.82, 2.24) is 5.32 Å². The minimum Gasteiger partial charge on any atom is -0.348 e. The third kappa shape index (κ3) is 4.81. The minimum atomic E-state index is -3.83. The number of benzene rings is 3. The van der Waals surface area contributed by atoms with Gasteiger partial charge in [-0.2, -0.15) is 0 Å². The zero-order valence-electron chi connectivity index (χ0n) is 16.1. The smallest absolute Gasteiger partial charge is 0.264 e. The predicted octanol–water partition coefficient (Wildman–Crippen LogP) is 3.89. The molecule has 29 heavy (non-hydrogen) atoms. The molecule has 7 heteroatoms. The van der Waals surface area contributed by atoms with Crippen LogP contribution in [0.25, 0.3) is 0 Å². The van der Waals surface area contributed by atoms with E-state index >= 15 is 0 Å². The zero-order chi connectivity index (χ0) is 21.0. The maximum Gasteiger partial charge on any atom is 0.264 e. The lowest BCUT2D eigenvalue weighted by molar-refractivity contribution is 0.0950. The SMILES string of the molecule is Cc1ccc(N(C)S(=O)(=O)c2cccc(C(=O)NCc3cccc(F)c3)c2)cc1. The fourth-order valence-electron chi connectivity index (χ4n) is 2.78. The number of hydrogen-bond acceptors (Lipinski definition) is 3. The first-order chi connectivity index (χ1) is 13.8. The first kappa shape index (κ1) is 20.5. The fraction of sp³-hybridized carbons (Fsp3) is 0.136. The van der Waals surface area contributed by atoms with Crippen LogP contribution in [0.5, 0.6) is 0 Å². The second kappa shape index (κ2) is 8.45. The molecule has 0 spiro atoms. The number of amides is 1. The van der Waals surface area contributed by atoms with Crippen LogP contribution in [-0.2, 0) is 16.6 Å². The Labute approximate surface area is 169 Å². The summed E-state index contributed by atoms with van der Waals surface area (Å²) in [5.74, 6) is -0.826. The van der Waals surface area contributed by atoms with Crippen molar-refractivity contribution in [2.24, 2.45) is 0 Å². The van der Waals surface area contributed by atoms with Crippen molar-refractivity contribution in [3.63, 3.8) is 0 Å². The van der Waals surface area contributed by atoms with Gasteiger partial charge in [-0.1, -0.05) is 35.9 Å². The number of anilines is 1. The van der Waals surface area contributed by atoms with E-state index in [0.29, 0.717) is 11.3 Å². The van der Waals surface area contributed by atoms with Gasteiger partial charge in [-0.25, -0.2) is 12.8 Å². The van der Waals surface area contributed by atoms with E-state index in [0.717, 1.165) is 5.56 Å². The molecule has 0 saturated carbocycles. The number of halogens is 1. The molecule has 5 nitrogen and oxygen atoms in total. The van der Waals surface area contributed by atoms with Crippen LogP contribution >= 0.6 is 0 Å². The van der Waals surface area contributed by atoms with Gasteiger partial charge in [0.05, 0.1) is 10.6 Å². The molecular weight excluding hydrogens is 391 g/mol. The molecule has 0 bridgehead atoms. The van der Waals surface area contributed by atoms with Crippen molar-refractivity contribution in [2.45, 2.75) is 18.4 Å². The first-order valence-corrected chi connectivity index (χ1v) is 10.4. The summed E-state index contributed by atoms with van der Waals surface area (Å²) < 4.78 is 40.4. The molecule has 0 radical (unpaired) electrons. The standard InChI is InChI=1S/C22H21FN2O3S/c1-16-9-11-20(12-10-16)25(2)29(27,28)21-8-4-6-18(14-21)22(26)24-15-17-5-3-7-19(23)13-17/h3-14H,15H2,1-2H3,(H,24,26). The Kier molecular flexibility index (Phi) is 5.98. The van der Waals surface area contributed by atoms with E-state index in [9.17, 15) is 17.6 Å². The number of nitrogens with one attached hydrogen (secondary N) is 1. The van der Waals surface area contributed by atoms with E-state index < -0.39 is 15.9 Å². The van der Waals surface area contributed by atoms with Crippen LogP contribution in [0.15, 0.2) is 77.7 Å². The van der Waals surface area contributed by atoms with Crippen molar-refractivity contribution < 1.29 is 17.6 Å². The van der Waals surface area contributed by atoms with Crippen molar-refractivity contribution >= 4 is 21.6 Å². The summed E-state index contributed by atoms with van der Waals surface area (Å²) in [5, 5.41) is 2.67. The van der Waals surface area contributed by atoms with Gasteiger partial charge in [-0.05, 0) is 55.0 Å². The summed E-state index contributed by atoms with van der Waals surface area (Å²) in [4.78, 5) is 12.5. The maximum absolute atomic E-state index is 13.3. The first-order valence-electron chi connectivity index (χ1n) is 8.96. The average Bonchev–Trinajstić information content (AvgIpc) is 2.72. The summed E-state index contributed by atoms with van der Waals surface area (Å²) in [6, 6.07) is 18.9. The van der Waals surface area contributed by atoms with E-state index in [1.54, 1.807) is 24.3 Å². The Morgan fingerprint density at radius 2 is 1.69 bits per heavy atom. The fourth-order valence-corrected chi connectivity index (χ4v) is 4.02. The molecule has 0 heterocycles. The molecule has 1 N–H and O–H groups in total. The van der Waals surface area contributed by atoms with E-state index in [1.165, 1.54) is 47.8 Å². The topological polar surface area (TPSA) is 66.5 Å². The number of rotatable bonds is 6. The lowest BCUT2D eigenvalue weighted by atomic mass is 10.2. The number of carbonyl (C=O) groups excluding carboxylic acids is 1. The Morgan fingerprint density at radius 3 is 2.38 bits per heavy atom. The van der Waals surface area contributed by atoms with Gasteiger partial charge in [0.25, 0.3) is 15.9 Å². The van der Waals surface area contributed by atoms with Gasteiger partial charge in [0.2, 0.25) is 0 Å². The lowest BCUT2D eigenvalue weighted by Crippen LogP contribution is -2.27. The van der Waals surface area contributed by atoms with Crippen LogP contribution in [0.3, 0.4) is 0 Å². The zero-order valence-corrected chi connectivity index (χ0v) is 16.9. The molecule has 0 aliphatic rings. The third-order valence-electron chi connectivity index (χ3n) is 4.49. The van der Waals surface area contributed by atoms with Gasteiger partial charge in [-0.3, -0.25) is 9.10 Å². The quantitative estimate of drug-likeness (QED) is 0.668. The van der Waals surface area contributed by atoms with E-state index in [2.05, 4.69) is 5.32 Å². The summed E-state index contributed by atoms with van der Waals surface area (Å²) in [6.45, 7) is 2.06. The van der Waals surface area contributed by atoms with Crippen LogP contribution in [0.4, 0.5) is 10.1 Å². The molecule has 1 amide bonds. The van der Waals surface area contributed by atoms with Gasteiger partial charge < -0.3 is 5.32 Å². The summed E-state index contributed by atoms with van der Waals surface area (Å²) >= 11 is 0. The largest absolute Gasteiger partial charge is 0.348 e. The Bertz CT molecular complexity index is 1130. The van der Waals surface area contributed by atoms with E-state index in [1.807, 2.05) is 19.1 Å². The van der Waals surface area contributed by atoms with Gasteiger partial charge in [0.1, 0.15) is 5.82 Å². The number of carbonyl (C=O) groups is 1. The van der Waals surface area contributed by atoms with Gasteiger partial charge in [0.15, 0.2) is 0 Å². The number of sulfonamides is 1. The van der Waals surface area contributed by atoms with E-state index in [4.69, 9.17) is 0 Å². The molecule has 0 saturated heterocycles. The molecule has 0 unspecified atom stereocenters. The molecule has 3 rings (SSSR count). The number of nitrogens with zero attached hydrogens (tertiary/aromatic N) is 1. The van der Waals surface area contributed by atoms with E-state index in [-0.39, 0.29) is 22.8 Å². The molecular formula is C22H21FN2O3S. The highest BCUT2D eigenvalue weighted by molar-refractivity contribution is 7.92. The summed E-state index contributed by atoms with van der Waals surface area (Å²) in [5.41, 5.74) is 2.37. The molecule has 3 aromatic rings. The van der Waals surface area contributed by atoms with Crippen LogP contribution in [0.2, 0.25) is 0 Å². The number of hydrogen-bond donors (Lipinski definition) is 1. The van der Waals surface area contributed by atoms with Gasteiger partial charge >= 0.3 is 0 Å². The maximum atomic E-state index is 13.3. The molecule has 0 aromatic heterocycles.